The van der Waals surface area contributed by atoms with Crippen LogP contribution in [0.25, 0.3) is 5.69 Å². The van der Waals surface area contributed by atoms with Crippen molar-refractivity contribution in [3.05, 3.63) is 51.5 Å². The lowest BCUT2D eigenvalue weighted by atomic mass is 10.1. The average Bonchev–Trinajstić information content (AvgIpc) is 3.08. The summed E-state index contributed by atoms with van der Waals surface area (Å²) in [7, 11) is 0. The van der Waals surface area contributed by atoms with Crippen molar-refractivity contribution in [2.24, 2.45) is 0 Å². The summed E-state index contributed by atoms with van der Waals surface area (Å²) in [5.74, 6) is 2.27. The number of halogens is 1. The number of fused-ring (bicyclic) bond motifs is 1. The van der Waals surface area contributed by atoms with Gasteiger partial charge < -0.3 is 9.47 Å². The van der Waals surface area contributed by atoms with Crippen molar-refractivity contribution in [2.45, 2.75) is 24.8 Å². The normalized spacial score (nSPS) is 13.0. The van der Waals surface area contributed by atoms with E-state index < -0.39 is 0 Å². The van der Waals surface area contributed by atoms with Crippen LogP contribution in [0.5, 0.6) is 11.5 Å². The molecule has 1 aliphatic rings. The fourth-order valence-electron chi connectivity index (χ4n) is 2.91. The molecular weight excluding hydrogens is 416 g/mol. The van der Waals surface area contributed by atoms with Gasteiger partial charge in [0.25, 0.3) is 0 Å². The highest BCUT2D eigenvalue weighted by Gasteiger charge is 2.17. The predicted octanol–water partition coefficient (Wildman–Crippen LogP) is 4.11. The Morgan fingerprint density at radius 1 is 1.12 bits per heavy atom. The van der Waals surface area contributed by atoms with Crippen LogP contribution in [0.2, 0.25) is 0 Å². The Morgan fingerprint density at radius 2 is 1.81 bits per heavy atom. The number of aryl methyl sites for hydroxylation is 2. The molecule has 2 heterocycles. The zero-order valence-electron chi connectivity index (χ0n) is 14.4. The van der Waals surface area contributed by atoms with Crippen LogP contribution in [-0.4, -0.2) is 33.4 Å². The number of hydrogen-bond acceptors (Lipinski definition) is 6. The standard InChI is InChI=1S/C18H17BrN4O2S/c1-11-4-3-5-12(2)17(11)23-18(20-21-22-23)26-10-13-8-15-16(9-14(13)19)25-7-6-24-15/h3-5,8-9H,6-7,10H2,1-2H3. The minimum Gasteiger partial charge on any atom is -0.486 e. The van der Waals surface area contributed by atoms with Gasteiger partial charge in [0.05, 0.1) is 5.69 Å². The molecule has 8 heteroatoms. The Balaban J connectivity index is 1.60. The quantitative estimate of drug-likeness (QED) is 0.578. The second kappa shape index (κ2) is 7.28. The van der Waals surface area contributed by atoms with Crippen LogP contribution in [0.1, 0.15) is 16.7 Å². The Labute approximate surface area is 164 Å². The third-order valence-electron chi connectivity index (χ3n) is 4.16. The van der Waals surface area contributed by atoms with E-state index in [0.717, 1.165) is 43.5 Å². The summed E-state index contributed by atoms with van der Waals surface area (Å²) in [6.07, 6.45) is 0. The predicted molar refractivity (Wildman–Crippen MR) is 103 cm³/mol. The second-order valence-corrected chi connectivity index (χ2v) is 7.79. The number of thioether (sulfide) groups is 1. The van der Waals surface area contributed by atoms with Crippen molar-refractivity contribution in [3.8, 4) is 17.2 Å². The Bertz CT molecular complexity index is 940. The molecule has 0 spiro atoms. The van der Waals surface area contributed by atoms with Crippen LogP contribution in [0.3, 0.4) is 0 Å². The number of tetrazole rings is 1. The first-order chi connectivity index (χ1) is 12.6. The smallest absolute Gasteiger partial charge is 0.214 e. The lowest BCUT2D eigenvalue weighted by molar-refractivity contribution is 0.171. The Hall–Kier alpha value is -2.06. The van der Waals surface area contributed by atoms with Crippen molar-refractivity contribution in [3.63, 3.8) is 0 Å². The van der Waals surface area contributed by atoms with Crippen LogP contribution in [0.15, 0.2) is 40.0 Å². The molecule has 4 rings (SSSR count). The highest BCUT2D eigenvalue weighted by atomic mass is 79.9. The Kier molecular flexibility index (Phi) is 4.86. The maximum Gasteiger partial charge on any atom is 0.214 e. The summed E-state index contributed by atoms with van der Waals surface area (Å²) >= 11 is 5.20. The van der Waals surface area contributed by atoms with Gasteiger partial charge in [-0.3, -0.25) is 0 Å². The SMILES string of the molecule is Cc1cccc(C)c1-n1nnnc1SCc1cc2c(cc1Br)OCCO2. The highest BCUT2D eigenvalue weighted by Crippen LogP contribution is 2.37. The first-order valence-electron chi connectivity index (χ1n) is 8.19. The molecule has 134 valence electrons. The van der Waals surface area contributed by atoms with Gasteiger partial charge in [0.1, 0.15) is 13.2 Å². The van der Waals surface area contributed by atoms with Crippen molar-refractivity contribution in [1.29, 1.82) is 0 Å². The fraction of sp³-hybridized carbons (Fsp3) is 0.278. The number of rotatable bonds is 4. The maximum atomic E-state index is 5.68. The molecule has 0 atom stereocenters. The minimum absolute atomic E-state index is 0.575. The summed E-state index contributed by atoms with van der Waals surface area (Å²) in [5, 5.41) is 13.0. The molecule has 3 aromatic rings. The number of hydrogen-bond donors (Lipinski definition) is 0. The van der Waals surface area contributed by atoms with E-state index >= 15 is 0 Å². The molecule has 0 unspecified atom stereocenters. The first-order valence-corrected chi connectivity index (χ1v) is 9.97. The van der Waals surface area contributed by atoms with Gasteiger partial charge in [-0.2, -0.15) is 4.68 Å². The second-order valence-electron chi connectivity index (χ2n) is 5.99. The van der Waals surface area contributed by atoms with E-state index in [1.807, 2.05) is 18.2 Å². The van der Waals surface area contributed by atoms with Crippen molar-refractivity contribution >= 4 is 27.7 Å². The van der Waals surface area contributed by atoms with E-state index in [0.29, 0.717) is 19.0 Å². The molecule has 0 fully saturated rings. The molecule has 6 nitrogen and oxygen atoms in total. The topological polar surface area (TPSA) is 62.1 Å². The molecule has 0 aliphatic carbocycles. The van der Waals surface area contributed by atoms with Crippen LogP contribution in [-0.2, 0) is 5.75 Å². The van der Waals surface area contributed by atoms with Crippen LogP contribution >= 0.6 is 27.7 Å². The summed E-state index contributed by atoms with van der Waals surface area (Å²) in [6, 6.07) is 10.1. The number of benzene rings is 2. The van der Waals surface area contributed by atoms with Crippen LogP contribution < -0.4 is 9.47 Å². The van der Waals surface area contributed by atoms with E-state index in [9.17, 15) is 0 Å². The van der Waals surface area contributed by atoms with Gasteiger partial charge in [0.2, 0.25) is 5.16 Å². The first kappa shape index (κ1) is 17.4. The highest BCUT2D eigenvalue weighted by molar-refractivity contribution is 9.10. The number of para-hydroxylation sites is 1. The summed E-state index contributed by atoms with van der Waals surface area (Å²) < 4.78 is 14.1. The average molecular weight is 433 g/mol. The molecule has 0 amide bonds. The van der Waals surface area contributed by atoms with Gasteiger partial charge in [0.15, 0.2) is 11.5 Å². The van der Waals surface area contributed by atoms with E-state index in [2.05, 4.69) is 57.4 Å². The lowest BCUT2D eigenvalue weighted by Crippen LogP contribution is -2.15. The number of nitrogens with zero attached hydrogens (tertiary/aromatic N) is 4. The molecule has 26 heavy (non-hydrogen) atoms. The lowest BCUT2D eigenvalue weighted by Gasteiger charge is -2.19. The fourth-order valence-corrected chi connectivity index (χ4v) is 4.42. The molecule has 2 aromatic carbocycles. The van der Waals surface area contributed by atoms with E-state index in [4.69, 9.17) is 9.47 Å². The van der Waals surface area contributed by atoms with Gasteiger partial charge in [0, 0.05) is 10.2 Å². The minimum atomic E-state index is 0.575. The number of aromatic nitrogens is 4. The zero-order chi connectivity index (χ0) is 18.1. The molecule has 0 saturated heterocycles. The maximum absolute atomic E-state index is 5.68. The summed E-state index contributed by atoms with van der Waals surface area (Å²) in [6.45, 7) is 5.29. The van der Waals surface area contributed by atoms with Crippen molar-refractivity contribution in [2.75, 3.05) is 13.2 Å². The van der Waals surface area contributed by atoms with E-state index in [-0.39, 0.29) is 0 Å². The molecule has 0 saturated carbocycles. The van der Waals surface area contributed by atoms with Gasteiger partial charge in [-0.25, -0.2) is 0 Å². The van der Waals surface area contributed by atoms with Gasteiger partial charge >= 0.3 is 0 Å². The zero-order valence-corrected chi connectivity index (χ0v) is 16.8. The van der Waals surface area contributed by atoms with Gasteiger partial charge in [-0.1, -0.05) is 45.9 Å². The largest absolute Gasteiger partial charge is 0.486 e. The van der Waals surface area contributed by atoms with E-state index in [1.165, 1.54) is 0 Å². The Morgan fingerprint density at radius 3 is 2.54 bits per heavy atom. The van der Waals surface area contributed by atoms with Crippen molar-refractivity contribution in [1.82, 2.24) is 20.2 Å². The molecule has 0 radical (unpaired) electrons. The molecule has 0 N–H and O–H groups in total. The number of ether oxygens (including phenoxy) is 2. The molecular formula is C18H17BrN4O2S. The summed E-state index contributed by atoms with van der Waals surface area (Å²) in [5.41, 5.74) is 4.41. The third kappa shape index (κ3) is 3.31. The monoisotopic (exact) mass is 432 g/mol. The van der Waals surface area contributed by atoms with Gasteiger partial charge in [-0.15, -0.1) is 5.10 Å². The summed E-state index contributed by atoms with van der Waals surface area (Å²) in [4.78, 5) is 0. The molecule has 1 aliphatic heterocycles. The third-order valence-corrected chi connectivity index (χ3v) is 5.87. The van der Waals surface area contributed by atoms with E-state index in [1.54, 1.807) is 16.4 Å². The van der Waals surface area contributed by atoms with Crippen molar-refractivity contribution < 1.29 is 9.47 Å². The molecule has 0 bridgehead atoms. The molecule has 1 aromatic heterocycles. The van der Waals surface area contributed by atoms with Gasteiger partial charge in [-0.05, 0) is 53.1 Å². The van der Waals surface area contributed by atoms with Crippen LogP contribution in [0, 0.1) is 13.8 Å². The van der Waals surface area contributed by atoms with Crippen LogP contribution in [0.4, 0.5) is 0 Å².